The normalized spacial score (nSPS) is 17.0. The quantitative estimate of drug-likeness (QED) is 0.465. The third-order valence-corrected chi connectivity index (χ3v) is 5.23. The number of guanidine groups is 1. The molecule has 8 nitrogen and oxygen atoms in total. The van der Waals surface area contributed by atoms with E-state index in [0.29, 0.717) is 30.9 Å². The maximum absolute atomic E-state index is 13.1. The third-order valence-electron chi connectivity index (χ3n) is 5.23. The molecule has 1 fully saturated rings. The molecule has 0 spiro atoms. The largest absolute Gasteiger partial charge is 0.371 e. The first-order chi connectivity index (χ1) is 15.1. The first-order valence-corrected chi connectivity index (χ1v) is 11.0. The minimum atomic E-state index is -0.196. The highest BCUT2D eigenvalue weighted by molar-refractivity contribution is 5.80. The number of hydrogen-bond donors (Lipinski definition) is 2. The number of ether oxygens (including phenoxy) is 1. The highest BCUT2D eigenvalue weighted by Crippen LogP contribution is 2.15. The van der Waals surface area contributed by atoms with E-state index in [1.807, 2.05) is 32.9 Å². The average Bonchev–Trinajstić information content (AvgIpc) is 3.25. The Labute approximate surface area is 183 Å². The molecule has 170 valence electrons. The Kier molecular flexibility index (Phi) is 8.78. The van der Waals surface area contributed by atoms with Crippen molar-refractivity contribution in [2.24, 2.45) is 4.99 Å². The van der Waals surface area contributed by atoms with Crippen LogP contribution in [0.15, 0.2) is 33.8 Å². The minimum Gasteiger partial charge on any atom is -0.371 e. The Morgan fingerprint density at radius 3 is 2.71 bits per heavy atom. The standard InChI is InChI=1S/C22H33FN6O2/c1-4-24-22(25-14-20-27-21(28-31-20)16(3)30-5-2)26-19-10-12-29(13-11-19)15-17-6-8-18(23)9-7-17/h6-9,16,19H,4-5,10-15H2,1-3H3,(H2,24,25,26). The third kappa shape index (κ3) is 7.29. The molecule has 1 aliphatic heterocycles. The Balaban J connectivity index is 1.48. The molecule has 1 atom stereocenters. The lowest BCUT2D eigenvalue weighted by Crippen LogP contribution is -2.48. The van der Waals surface area contributed by atoms with Crippen molar-refractivity contribution in [3.8, 4) is 0 Å². The second-order valence-electron chi connectivity index (χ2n) is 7.66. The van der Waals surface area contributed by atoms with E-state index in [-0.39, 0.29) is 11.9 Å². The van der Waals surface area contributed by atoms with Gasteiger partial charge in [-0.2, -0.15) is 4.98 Å². The Hall–Kier alpha value is -2.52. The van der Waals surface area contributed by atoms with Crippen LogP contribution in [0.25, 0.3) is 0 Å². The minimum absolute atomic E-state index is 0.192. The van der Waals surface area contributed by atoms with Gasteiger partial charge in [0, 0.05) is 38.8 Å². The Bertz CT molecular complexity index is 818. The van der Waals surface area contributed by atoms with Crippen LogP contribution in [0.3, 0.4) is 0 Å². The zero-order valence-corrected chi connectivity index (χ0v) is 18.6. The van der Waals surface area contributed by atoms with Crippen molar-refractivity contribution in [3.63, 3.8) is 0 Å². The highest BCUT2D eigenvalue weighted by Gasteiger charge is 2.20. The predicted octanol–water partition coefficient (Wildman–Crippen LogP) is 3.03. The molecular formula is C22H33FN6O2. The molecule has 0 aliphatic carbocycles. The van der Waals surface area contributed by atoms with Crippen molar-refractivity contribution in [1.29, 1.82) is 0 Å². The van der Waals surface area contributed by atoms with Gasteiger partial charge in [0.05, 0.1) is 0 Å². The summed E-state index contributed by atoms with van der Waals surface area (Å²) in [7, 11) is 0. The van der Waals surface area contributed by atoms with Gasteiger partial charge in [0.2, 0.25) is 5.89 Å². The topological polar surface area (TPSA) is 87.8 Å². The van der Waals surface area contributed by atoms with Crippen LogP contribution in [0.1, 0.15) is 57.0 Å². The van der Waals surface area contributed by atoms with Crippen molar-refractivity contribution in [1.82, 2.24) is 25.7 Å². The van der Waals surface area contributed by atoms with Crippen LogP contribution < -0.4 is 10.6 Å². The van der Waals surface area contributed by atoms with E-state index in [1.54, 1.807) is 0 Å². The zero-order chi connectivity index (χ0) is 22.1. The molecule has 3 rings (SSSR count). The summed E-state index contributed by atoms with van der Waals surface area (Å²) in [4.78, 5) is 11.4. The van der Waals surface area contributed by atoms with Crippen LogP contribution in [0.5, 0.6) is 0 Å². The second-order valence-corrected chi connectivity index (χ2v) is 7.66. The number of hydrogen-bond acceptors (Lipinski definition) is 6. The molecule has 2 heterocycles. The molecule has 0 amide bonds. The smallest absolute Gasteiger partial charge is 0.248 e. The van der Waals surface area contributed by atoms with E-state index < -0.39 is 0 Å². The summed E-state index contributed by atoms with van der Waals surface area (Å²) in [5.41, 5.74) is 1.14. The number of nitrogens with one attached hydrogen (secondary N) is 2. The lowest BCUT2D eigenvalue weighted by atomic mass is 10.0. The molecule has 1 aliphatic rings. The number of likely N-dealkylation sites (tertiary alicyclic amines) is 1. The number of aliphatic imine (C=N–C) groups is 1. The molecule has 31 heavy (non-hydrogen) atoms. The van der Waals surface area contributed by atoms with Crippen molar-refractivity contribution < 1.29 is 13.7 Å². The van der Waals surface area contributed by atoms with E-state index >= 15 is 0 Å². The molecule has 1 aromatic heterocycles. The van der Waals surface area contributed by atoms with Gasteiger partial charge >= 0.3 is 0 Å². The number of rotatable bonds is 9. The fourth-order valence-electron chi connectivity index (χ4n) is 3.57. The molecule has 0 radical (unpaired) electrons. The predicted molar refractivity (Wildman–Crippen MR) is 117 cm³/mol. The summed E-state index contributed by atoms with van der Waals surface area (Å²) in [6.07, 6.45) is 1.84. The van der Waals surface area contributed by atoms with Gasteiger partial charge in [-0.15, -0.1) is 0 Å². The summed E-state index contributed by atoms with van der Waals surface area (Å²) >= 11 is 0. The number of halogens is 1. The summed E-state index contributed by atoms with van der Waals surface area (Å²) in [6, 6.07) is 7.10. The van der Waals surface area contributed by atoms with Crippen molar-refractivity contribution >= 4 is 5.96 Å². The van der Waals surface area contributed by atoms with E-state index in [2.05, 4.69) is 30.7 Å². The van der Waals surface area contributed by atoms with Crippen molar-refractivity contribution in [2.75, 3.05) is 26.2 Å². The monoisotopic (exact) mass is 432 g/mol. The number of benzene rings is 1. The van der Waals surface area contributed by atoms with Crippen molar-refractivity contribution in [3.05, 3.63) is 47.4 Å². The van der Waals surface area contributed by atoms with Gasteiger partial charge in [-0.3, -0.25) is 4.90 Å². The first-order valence-electron chi connectivity index (χ1n) is 11.0. The van der Waals surface area contributed by atoms with Crippen LogP contribution in [0.4, 0.5) is 4.39 Å². The molecule has 0 bridgehead atoms. The summed E-state index contributed by atoms with van der Waals surface area (Å²) in [6.45, 7) is 10.4. The van der Waals surface area contributed by atoms with Gasteiger partial charge in [0.15, 0.2) is 11.8 Å². The van der Waals surface area contributed by atoms with Crippen LogP contribution in [-0.2, 0) is 17.8 Å². The highest BCUT2D eigenvalue weighted by atomic mass is 19.1. The van der Waals surface area contributed by atoms with Crippen LogP contribution in [-0.4, -0.2) is 53.3 Å². The van der Waals surface area contributed by atoms with Crippen LogP contribution in [0.2, 0.25) is 0 Å². The molecule has 1 saturated heterocycles. The van der Waals surface area contributed by atoms with Gasteiger partial charge in [-0.05, 0) is 51.3 Å². The van der Waals surface area contributed by atoms with Gasteiger partial charge in [-0.1, -0.05) is 17.3 Å². The number of nitrogens with zero attached hydrogens (tertiary/aromatic N) is 4. The Morgan fingerprint density at radius 2 is 2.03 bits per heavy atom. The van der Waals surface area contributed by atoms with Gasteiger partial charge in [0.25, 0.3) is 0 Å². The average molecular weight is 433 g/mol. The van der Waals surface area contributed by atoms with Crippen molar-refractivity contribution in [2.45, 2.75) is 58.8 Å². The molecule has 2 aromatic rings. The fraction of sp³-hybridized carbons (Fsp3) is 0.591. The Morgan fingerprint density at radius 1 is 1.29 bits per heavy atom. The SMILES string of the molecule is CCNC(=NCc1nc(C(C)OCC)no1)NC1CCN(Cc2ccc(F)cc2)CC1. The maximum Gasteiger partial charge on any atom is 0.248 e. The molecule has 0 saturated carbocycles. The van der Waals surface area contributed by atoms with Crippen LogP contribution in [0, 0.1) is 5.82 Å². The maximum atomic E-state index is 13.1. The summed E-state index contributed by atoms with van der Waals surface area (Å²) in [5, 5.41) is 10.8. The van der Waals surface area contributed by atoms with Gasteiger partial charge in [-0.25, -0.2) is 9.38 Å². The fourth-order valence-corrected chi connectivity index (χ4v) is 3.57. The molecule has 1 aromatic carbocycles. The molecule has 9 heteroatoms. The second kappa shape index (κ2) is 11.8. The van der Waals surface area contributed by atoms with E-state index in [0.717, 1.165) is 50.5 Å². The van der Waals surface area contributed by atoms with Crippen LogP contribution >= 0.6 is 0 Å². The summed E-state index contributed by atoms with van der Waals surface area (Å²) in [5.74, 6) is 1.56. The van der Waals surface area contributed by atoms with E-state index in [1.165, 1.54) is 12.1 Å². The molecular weight excluding hydrogens is 399 g/mol. The van der Waals surface area contributed by atoms with Gasteiger partial charge in [0.1, 0.15) is 18.5 Å². The molecule has 2 N–H and O–H groups in total. The zero-order valence-electron chi connectivity index (χ0n) is 18.6. The summed E-state index contributed by atoms with van der Waals surface area (Å²) < 4.78 is 23.9. The van der Waals surface area contributed by atoms with E-state index in [4.69, 9.17) is 9.26 Å². The number of aromatic nitrogens is 2. The van der Waals surface area contributed by atoms with E-state index in [9.17, 15) is 4.39 Å². The molecule has 1 unspecified atom stereocenters. The lowest BCUT2D eigenvalue weighted by Gasteiger charge is -2.33. The number of piperidine rings is 1. The lowest BCUT2D eigenvalue weighted by molar-refractivity contribution is 0.0683. The first kappa shape index (κ1) is 23.1. The van der Waals surface area contributed by atoms with Gasteiger partial charge < -0.3 is 19.9 Å².